The van der Waals surface area contributed by atoms with E-state index >= 15 is 0 Å². The normalized spacial score (nSPS) is 11.0. The predicted molar refractivity (Wildman–Crippen MR) is 91.2 cm³/mol. The fraction of sp³-hybridized carbons (Fsp3) is 0.200. The Morgan fingerprint density at radius 2 is 1.75 bits per heavy atom. The van der Waals surface area contributed by atoms with Crippen molar-refractivity contribution in [2.75, 3.05) is 30.8 Å². The molecule has 24 heavy (non-hydrogen) atoms. The quantitative estimate of drug-likeness (QED) is 0.634. The van der Waals surface area contributed by atoms with Crippen molar-refractivity contribution >= 4 is 27.1 Å². The minimum atomic E-state index is -4.11. The van der Waals surface area contributed by atoms with Gasteiger partial charge in [-0.3, -0.25) is 14.8 Å². The van der Waals surface area contributed by atoms with E-state index in [1.807, 2.05) is 19.0 Å². The Labute approximate surface area is 139 Å². The number of nitro groups is 1. The number of nitrogens with zero attached hydrogens (tertiary/aromatic N) is 2. The first-order chi connectivity index (χ1) is 11.2. The molecule has 2 aromatic rings. The summed E-state index contributed by atoms with van der Waals surface area (Å²) in [5.74, 6) is 0.205. The van der Waals surface area contributed by atoms with Crippen molar-refractivity contribution in [2.45, 2.75) is 4.90 Å². The summed E-state index contributed by atoms with van der Waals surface area (Å²) in [7, 11) is 0.959. The van der Waals surface area contributed by atoms with Gasteiger partial charge in [-0.1, -0.05) is 0 Å². The third kappa shape index (κ3) is 3.74. The average Bonchev–Trinajstić information content (AvgIpc) is 2.54. The van der Waals surface area contributed by atoms with Crippen LogP contribution in [0.5, 0.6) is 5.75 Å². The van der Waals surface area contributed by atoms with E-state index in [4.69, 9.17) is 4.74 Å². The Hall–Kier alpha value is -2.81. The van der Waals surface area contributed by atoms with Gasteiger partial charge in [-0.25, -0.2) is 8.42 Å². The van der Waals surface area contributed by atoms with Crippen molar-refractivity contribution in [1.82, 2.24) is 0 Å². The first kappa shape index (κ1) is 17.5. The van der Waals surface area contributed by atoms with Gasteiger partial charge in [-0.2, -0.15) is 0 Å². The lowest BCUT2D eigenvalue weighted by atomic mass is 10.3. The van der Waals surface area contributed by atoms with Gasteiger partial charge in [0.2, 0.25) is 0 Å². The molecule has 1 N–H and O–H groups in total. The smallest absolute Gasteiger partial charge is 0.293 e. The first-order valence-electron chi connectivity index (χ1n) is 6.87. The maximum atomic E-state index is 12.5. The minimum Gasteiger partial charge on any atom is -0.497 e. The van der Waals surface area contributed by atoms with Crippen LogP contribution in [-0.4, -0.2) is 34.5 Å². The maximum Gasteiger partial charge on any atom is 0.293 e. The zero-order valence-electron chi connectivity index (χ0n) is 13.4. The van der Waals surface area contributed by atoms with E-state index < -0.39 is 25.5 Å². The van der Waals surface area contributed by atoms with E-state index in [1.54, 1.807) is 24.3 Å². The number of methoxy groups -OCH3 is 1. The van der Waals surface area contributed by atoms with Crippen LogP contribution in [-0.2, 0) is 10.0 Å². The topological polar surface area (TPSA) is 102 Å². The number of benzene rings is 2. The largest absolute Gasteiger partial charge is 0.497 e. The summed E-state index contributed by atoms with van der Waals surface area (Å²) in [6.07, 6.45) is 0. The van der Waals surface area contributed by atoms with Crippen LogP contribution in [0.3, 0.4) is 0 Å². The van der Waals surface area contributed by atoms with Crippen molar-refractivity contribution in [2.24, 2.45) is 0 Å². The summed E-state index contributed by atoms with van der Waals surface area (Å²) in [5.41, 5.74) is 0.658. The molecular formula is C15H17N3O5S. The molecule has 0 amide bonds. The molecule has 0 saturated carbocycles. The Morgan fingerprint density at radius 3 is 2.25 bits per heavy atom. The molecule has 9 heteroatoms. The molecule has 0 aromatic heterocycles. The number of rotatable bonds is 6. The van der Waals surface area contributed by atoms with Crippen LogP contribution in [0.1, 0.15) is 0 Å². The second-order valence-corrected chi connectivity index (χ2v) is 6.79. The van der Waals surface area contributed by atoms with Crippen molar-refractivity contribution in [3.63, 3.8) is 0 Å². The van der Waals surface area contributed by atoms with Gasteiger partial charge in [-0.05, 0) is 36.4 Å². The van der Waals surface area contributed by atoms with Crippen molar-refractivity contribution < 1.29 is 18.1 Å². The van der Waals surface area contributed by atoms with Crippen LogP contribution in [0.25, 0.3) is 0 Å². The second kappa shape index (κ2) is 6.75. The Balaban J connectivity index is 2.38. The highest BCUT2D eigenvalue weighted by Gasteiger charge is 2.26. The van der Waals surface area contributed by atoms with E-state index in [2.05, 4.69) is 4.72 Å². The van der Waals surface area contributed by atoms with Gasteiger partial charge in [0.05, 0.1) is 18.1 Å². The summed E-state index contributed by atoms with van der Waals surface area (Å²) in [6.45, 7) is 0. The van der Waals surface area contributed by atoms with Crippen LogP contribution in [0.2, 0.25) is 0 Å². The first-order valence-corrected chi connectivity index (χ1v) is 8.35. The third-order valence-electron chi connectivity index (χ3n) is 3.29. The molecule has 0 spiro atoms. The molecule has 0 bridgehead atoms. The number of ether oxygens (including phenoxy) is 1. The van der Waals surface area contributed by atoms with Gasteiger partial charge in [-0.15, -0.1) is 0 Å². The van der Waals surface area contributed by atoms with Gasteiger partial charge in [0.15, 0.2) is 4.90 Å². The molecule has 128 valence electrons. The Morgan fingerprint density at radius 1 is 1.12 bits per heavy atom. The van der Waals surface area contributed by atoms with Crippen LogP contribution in [0.4, 0.5) is 17.1 Å². The second-order valence-electron chi connectivity index (χ2n) is 5.14. The number of hydrogen-bond donors (Lipinski definition) is 1. The molecule has 0 aliphatic carbocycles. The molecule has 0 atom stereocenters. The molecule has 0 aliphatic heterocycles. The van der Waals surface area contributed by atoms with E-state index in [0.29, 0.717) is 5.69 Å². The molecule has 2 aromatic carbocycles. The average molecular weight is 351 g/mol. The van der Waals surface area contributed by atoms with Crippen LogP contribution in [0, 0.1) is 10.1 Å². The standard InChI is InChI=1S/C15H17N3O5S/c1-17(2)12-6-4-11(5-7-12)16-24(21,22)15-9-8-13(23-3)10-14(15)18(19)20/h4-10,16H,1-3H3. The molecule has 0 saturated heterocycles. The van der Waals surface area contributed by atoms with Crippen molar-refractivity contribution in [3.8, 4) is 5.75 Å². The van der Waals surface area contributed by atoms with Gasteiger partial charge in [0.1, 0.15) is 5.75 Å². The molecule has 0 radical (unpaired) electrons. The summed E-state index contributed by atoms with van der Waals surface area (Å²) < 4.78 is 32.2. The zero-order valence-corrected chi connectivity index (χ0v) is 14.2. The van der Waals surface area contributed by atoms with Crippen molar-refractivity contribution in [3.05, 3.63) is 52.6 Å². The van der Waals surface area contributed by atoms with Crippen LogP contribution >= 0.6 is 0 Å². The Kier molecular flexibility index (Phi) is 4.93. The van der Waals surface area contributed by atoms with E-state index in [1.165, 1.54) is 13.2 Å². The third-order valence-corrected chi connectivity index (χ3v) is 4.72. The van der Waals surface area contributed by atoms with Gasteiger partial charge >= 0.3 is 0 Å². The lowest BCUT2D eigenvalue weighted by molar-refractivity contribution is -0.387. The fourth-order valence-corrected chi connectivity index (χ4v) is 3.24. The molecular weight excluding hydrogens is 334 g/mol. The molecule has 0 aliphatic rings. The number of nitro benzene ring substituents is 1. The van der Waals surface area contributed by atoms with Crippen molar-refractivity contribution in [1.29, 1.82) is 0 Å². The molecule has 0 fully saturated rings. The van der Waals surface area contributed by atoms with E-state index in [-0.39, 0.29) is 5.75 Å². The number of anilines is 2. The highest BCUT2D eigenvalue weighted by Crippen LogP contribution is 2.30. The molecule has 2 rings (SSSR count). The number of sulfonamides is 1. The fourth-order valence-electron chi connectivity index (χ4n) is 2.03. The highest BCUT2D eigenvalue weighted by molar-refractivity contribution is 7.92. The molecule has 8 nitrogen and oxygen atoms in total. The monoisotopic (exact) mass is 351 g/mol. The number of hydrogen-bond acceptors (Lipinski definition) is 6. The van der Waals surface area contributed by atoms with Gasteiger partial charge in [0.25, 0.3) is 15.7 Å². The SMILES string of the molecule is COc1ccc(S(=O)(=O)Nc2ccc(N(C)C)cc2)c([N+](=O)[O-])c1. The molecule has 0 heterocycles. The highest BCUT2D eigenvalue weighted by atomic mass is 32.2. The summed E-state index contributed by atoms with van der Waals surface area (Å²) >= 11 is 0. The minimum absolute atomic E-state index is 0.205. The summed E-state index contributed by atoms with van der Waals surface area (Å²) in [6, 6.07) is 10.2. The van der Waals surface area contributed by atoms with Crippen LogP contribution in [0.15, 0.2) is 47.4 Å². The van der Waals surface area contributed by atoms with Crippen LogP contribution < -0.4 is 14.4 Å². The lowest BCUT2D eigenvalue weighted by Crippen LogP contribution is -2.15. The van der Waals surface area contributed by atoms with E-state index in [9.17, 15) is 18.5 Å². The summed E-state index contributed by atoms with van der Waals surface area (Å²) in [5, 5.41) is 11.2. The Bertz CT molecular complexity index is 848. The zero-order chi connectivity index (χ0) is 17.9. The molecule has 0 unspecified atom stereocenters. The predicted octanol–water partition coefficient (Wildman–Crippen LogP) is 2.47. The summed E-state index contributed by atoms with van der Waals surface area (Å²) in [4.78, 5) is 11.8. The maximum absolute atomic E-state index is 12.5. The van der Waals surface area contributed by atoms with Gasteiger partial charge < -0.3 is 9.64 Å². The number of nitrogens with one attached hydrogen (secondary N) is 1. The van der Waals surface area contributed by atoms with Gasteiger partial charge in [0, 0.05) is 25.5 Å². The van der Waals surface area contributed by atoms with E-state index in [0.717, 1.165) is 17.8 Å². The lowest BCUT2D eigenvalue weighted by Gasteiger charge is -2.13.